The van der Waals surface area contributed by atoms with Crippen molar-refractivity contribution in [2.75, 3.05) is 0 Å². The Morgan fingerprint density at radius 3 is 2.46 bits per heavy atom. The third kappa shape index (κ3) is 4.05. The highest BCUT2D eigenvalue weighted by atomic mass is 19.4. The molecule has 132 valence electrons. The summed E-state index contributed by atoms with van der Waals surface area (Å²) in [5.41, 5.74) is 1.98. The fourth-order valence-corrected chi connectivity index (χ4v) is 2.45. The molecular weight excluding hydrogens is 345 g/mol. The Labute approximate surface area is 147 Å². The first-order valence-corrected chi connectivity index (χ1v) is 7.63. The Morgan fingerprint density at radius 2 is 1.73 bits per heavy atom. The zero-order chi connectivity index (χ0) is 18.7. The van der Waals surface area contributed by atoms with Crippen LogP contribution in [0.5, 0.6) is 5.75 Å². The molecule has 0 aliphatic rings. The SMILES string of the molecule is CC(=O)c1nccc(-c2cccc(-c3ccccc3OC(F)(F)F)c2)n1. The number of hydrogen-bond acceptors (Lipinski definition) is 4. The second kappa shape index (κ2) is 6.95. The van der Waals surface area contributed by atoms with Crippen LogP contribution < -0.4 is 4.74 Å². The molecule has 0 spiro atoms. The van der Waals surface area contributed by atoms with Crippen LogP contribution in [0.3, 0.4) is 0 Å². The zero-order valence-corrected chi connectivity index (χ0v) is 13.6. The van der Waals surface area contributed by atoms with Crippen LogP contribution in [0.1, 0.15) is 17.5 Å². The van der Waals surface area contributed by atoms with Crippen LogP contribution in [-0.2, 0) is 0 Å². The summed E-state index contributed by atoms with van der Waals surface area (Å²) in [6, 6.07) is 14.3. The molecule has 1 aromatic heterocycles. The van der Waals surface area contributed by atoms with Crippen molar-refractivity contribution < 1.29 is 22.7 Å². The van der Waals surface area contributed by atoms with Crippen molar-refractivity contribution in [2.45, 2.75) is 13.3 Å². The quantitative estimate of drug-likeness (QED) is 0.622. The number of ketones is 1. The third-order valence-corrected chi connectivity index (χ3v) is 3.55. The van der Waals surface area contributed by atoms with Crippen LogP contribution in [0.25, 0.3) is 22.4 Å². The lowest BCUT2D eigenvalue weighted by Gasteiger charge is -2.14. The molecule has 0 fully saturated rings. The van der Waals surface area contributed by atoms with Gasteiger partial charge in [0.15, 0.2) is 11.6 Å². The van der Waals surface area contributed by atoms with Crippen LogP contribution in [-0.4, -0.2) is 22.1 Å². The summed E-state index contributed by atoms with van der Waals surface area (Å²) in [7, 11) is 0. The number of benzene rings is 2. The van der Waals surface area contributed by atoms with E-state index in [0.29, 0.717) is 22.4 Å². The monoisotopic (exact) mass is 358 g/mol. The van der Waals surface area contributed by atoms with Gasteiger partial charge in [-0.1, -0.05) is 36.4 Å². The second-order valence-corrected chi connectivity index (χ2v) is 5.45. The molecule has 0 saturated carbocycles. The van der Waals surface area contributed by atoms with Crippen molar-refractivity contribution in [1.82, 2.24) is 9.97 Å². The van der Waals surface area contributed by atoms with Gasteiger partial charge in [0.1, 0.15) is 5.75 Å². The Balaban J connectivity index is 2.04. The molecule has 4 nitrogen and oxygen atoms in total. The first-order chi connectivity index (χ1) is 12.3. The van der Waals surface area contributed by atoms with Crippen molar-refractivity contribution in [3.05, 3.63) is 66.6 Å². The van der Waals surface area contributed by atoms with Gasteiger partial charge in [-0.25, -0.2) is 9.97 Å². The third-order valence-electron chi connectivity index (χ3n) is 3.55. The van der Waals surface area contributed by atoms with E-state index in [1.54, 1.807) is 42.5 Å². The Hall–Kier alpha value is -3.22. The van der Waals surface area contributed by atoms with Crippen molar-refractivity contribution >= 4 is 5.78 Å². The van der Waals surface area contributed by atoms with Crippen LogP contribution in [0.2, 0.25) is 0 Å². The molecule has 0 aliphatic heterocycles. The summed E-state index contributed by atoms with van der Waals surface area (Å²) in [5, 5.41) is 0. The largest absolute Gasteiger partial charge is 0.573 e. The maximum atomic E-state index is 12.6. The van der Waals surface area contributed by atoms with Crippen molar-refractivity contribution in [1.29, 1.82) is 0 Å². The predicted molar refractivity (Wildman–Crippen MR) is 89.6 cm³/mol. The number of Topliss-reactive ketones (excluding diaryl/α,β-unsaturated/α-hetero) is 1. The summed E-state index contributed by atoms with van der Waals surface area (Å²) in [4.78, 5) is 19.5. The van der Waals surface area contributed by atoms with Gasteiger partial charge < -0.3 is 4.74 Å². The highest BCUT2D eigenvalue weighted by Gasteiger charge is 2.32. The molecule has 0 N–H and O–H groups in total. The first kappa shape index (κ1) is 17.6. The minimum Gasteiger partial charge on any atom is -0.405 e. The van der Waals surface area contributed by atoms with E-state index in [-0.39, 0.29) is 17.4 Å². The normalized spacial score (nSPS) is 11.2. The summed E-state index contributed by atoms with van der Waals surface area (Å²) in [5.74, 6) is -0.482. The van der Waals surface area contributed by atoms with Crippen molar-refractivity contribution in [3.8, 4) is 28.1 Å². The lowest BCUT2D eigenvalue weighted by Crippen LogP contribution is -2.17. The van der Waals surface area contributed by atoms with Crippen LogP contribution in [0.15, 0.2) is 60.8 Å². The highest BCUT2D eigenvalue weighted by molar-refractivity contribution is 5.90. The van der Waals surface area contributed by atoms with E-state index >= 15 is 0 Å². The summed E-state index contributed by atoms with van der Waals surface area (Å²) >= 11 is 0. The lowest BCUT2D eigenvalue weighted by molar-refractivity contribution is -0.274. The van der Waals surface area contributed by atoms with E-state index in [9.17, 15) is 18.0 Å². The van der Waals surface area contributed by atoms with Gasteiger partial charge in [-0.2, -0.15) is 0 Å². The van der Waals surface area contributed by atoms with Crippen LogP contribution in [0, 0.1) is 0 Å². The van der Waals surface area contributed by atoms with Gasteiger partial charge in [0.2, 0.25) is 0 Å². The van der Waals surface area contributed by atoms with Gasteiger partial charge in [-0.15, -0.1) is 13.2 Å². The molecule has 1 heterocycles. The molecular formula is C19H13F3N2O2. The molecule has 3 aromatic rings. The number of rotatable bonds is 4. The van der Waals surface area contributed by atoms with Crippen molar-refractivity contribution in [3.63, 3.8) is 0 Å². The molecule has 0 amide bonds. The maximum Gasteiger partial charge on any atom is 0.573 e. The average Bonchev–Trinajstić information content (AvgIpc) is 2.61. The van der Waals surface area contributed by atoms with E-state index in [0.717, 1.165) is 0 Å². The fourth-order valence-electron chi connectivity index (χ4n) is 2.45. The van der Waals surface area contributed by atoms with Gasteiger partial charge in [0.05, 0.1) is 5.69 Å². The molecule has 7 heteroatoms. The average molecular weight is 358 g/mol. The number of nitrogens with zero attached hydrogens (tertiary/aromatic N) is 2. The second-order valence-electron chi connectivity index (χ2n) is 5.45. The molecule has 26 heavy (non-hydrogen) atoms. The van der Waals surface area contributed by atoms with Gasteiger partial charge in [0.25, 0.3) is 0 Å². The minimum atomic E-state index is -4.78. The number of halogens is 3. The smallest absolute Gasteiger partial charge is 0.405 e. The molecule has 0 radical (unpaired) electrons. The summed E-state index contributed by atoms with van der Waals surface area (Å²) in [6.07, 6.45) is -3.32. The van der Waals surface area contributed by atoms with Gasteiger partial charge in [0, 0.05) is 24.2 Å². The number of hydrogen-bond donors (Lipinski definition) is 0. The van der Waals surface area contributed by atoms with Gasteiger partial charge >= 0.3 is 6.36 Å². The first-order valence-electron chi connectivity index (χ1n) is 7.63. The Morgan fingerprint density at radius 1 is 1.00 bits per heavy atom. The Kier molecular flexibility index (Phi) is 4.71. The zero-order valence-electron chi connectivity index (χ0n) is 13.6. The summed E-state index contributed by atoms with van der Waals surface area (Å²) < 4.78 is 42.0. The molecule has 0 unspecified atom stereocenters. The van der Waals surface area contributed by atoms with Gasteiger partial charge in [-0.3, -0.25) is 4.79 Å². The number of alkyl halides is 3. The molecule has 0 atom stereocenters. The van der Waals surface area contributed by atoms with E-state index in [1.165, 1.54) is 25.3 Å². The van der Waals surface area contributed by atoms with Crippen LogP contribution in [0.4, 0.5) is 13.2 Å². The topological polar surface area (TPSA) is 52.1 Å². The minimum absolute atomic E-state index is 0.0775. The Bertz CT molecular complexity index is 955. The molecule has 0 bridgehead atoms. The molecule has 0 aliphatic carbocycles. The number of aromatic nitrogens is 2. The van der Waals surface area contributed by atoms with Gasteiger partial charge in [-0.05, 0) is 23.8 Å². The number of para-hydroxylation sites is 1. The molecule has 3 rings (SSSR count). The molecule has 2 aromatic carbocycles. The van der Waals surface area contributed by atoms with E-state index in [2.05, 4.69) is 14.7 Å². The number of carbonyl (C=O) groups is 1. The maximum absolute atomic E-state index is 12.6. The fraction of sp³-hybridized carbons (Fsp3) is 0.105. The molecule has 0 saturated heterocycles. The number of ether oxygens (including phenoxy) is 1. The number of carbonyl (C=O) groups excluding carboxylic acids is 1. The van der Waals surface area contributed by atoms with E-state index in [4.69, 9.17) is 0 Å². The highest BCUT2D eigenvalue weighted by Crippen LogP contribution is 2.35. The van der Waals surface area contributed by atoms with Crippen LogP contribution >= 0.6 is 0 Å². The standard InChI is InChI=1S/C19H13F3N2O2/c1-12(25)18-23-10-9-16(24-18)14-6-4-5-13(11-14)15-7-2-3-8-17(15)26-19(20,21)22/h2-11H,1H3. The lowest BCUT2D eigenvalue weighted by atomic mass is 10.0. The van der Waals surface area contributed by atoms with E-state index < -0.39 is 6.36 Å². The summed E-state index contributed by atoms with van der Waals surface area (Å²) in [6.45, 7) is 1.36. The predicted octanol–water partition coefficient (Wildman–Crippen LogP) is 4.91. The van der Waals surface area contributed by atoms with Crippen molar-refractivity contribution in [2.24, 2.45) is 0 Å². The van der Waals surface area contributed by atoms with E-state index in [1.807, 2.05) is 0 Å².